The Balaban J connectivity index is 2.04. The first-order valence-corrected chi connectivity index (χ1v) is 6.25. The van der Waals surface area contributed by atoms with Gasteiger partial charge in [-0.05, 0) is 30.3 Å². The molecule has 0 spiro atoms. The monoisotopic (exact) mass is 312 g/mol. The molecule has 0 saturated carbocycles. The lowest BCUT2D eigenvalue weighted by Gasteiger charge is -2.05. The fourth-order valence-electron chi connectivity index (χ4n) is 1.89. The van der Waals surface area contributed by atoms with Crippen molar-refractivity contribution >= 4 is 28.4 Å². The smallest absolute Gasteiger partial charge is 0.416 e. The standard InChI is InChI=1S/C14H8ClF3N2O/c15-9-5-11-12(6-10(9)19)21-13(20-11)7-1-3-8(4-2-7)14(16,17)18/h1-6H,19H2. The average Bonchev–Trinajstić information content (AvgIpc) is 2.81. The Hall–Kier alpha value is -2.21. The number of alkyl halides is 3. The molecule has 0 aliphatic heterocycles. The van der Waals surface area contributed by atoms with E-state index in [0.29, 0.717) is 27.4 Å². The van der Waals surface area contributed by atoms with Crippen LogP contribution in [0.5, 0.6) is 0 Å². The van der Waals surface area contributed by atoms with Gasteiger partial charge in [0.2, 0.25) is 5.89 Å². The van der Waals surface area contributed by atoms with Gasteiger partial charge in [-0.1, -0.05) is 11.6 Å². The van der Waals surface area contributed by atoms with Crippen molar-refractivity contribution in [3.63, 3.8) is 0 Å². The van der Waals surface area contributed by atoms with Gasteiger partial charge in [0.15, 0.2) is 5.58 Å². The summed E-state index contributed by atoms with van der Waals surface area (Å²) in [5.74, 6) is 0.209. The predicted octanol–water partition coefficient (Wildman–Crippen LogP) is 4.75. The van der Waals surface area contributed by atoms with Crippen molar-refractivity contribution in [2.24, 2.45) is 0 Å². The van der Waals surface area contributed by atoms with E-state index in [4.69, 9.17) is 21.8 Å². The van der Waals surface area contributed by atoms with Crippen LogP contribution in [-0.4, -0.2) is 4.98 Å². The van der Waals surface area contributed by atoms with Crippen molar-refractivity contribution in [2.75, 3.05) is 5.73 Å². The zero-order valence-corrected chi connectivity index (χ0v) is 11.2. The Morgan fingerprint density at radius 3 is 2.38 bits per heavy atom. The van der Waals surface area contributed by atoms with E-state index in [1.54, 1.807) is 6.07 Å². The van der Waals surface area contributed by atoms with E-state index in [9.17, 15) is 13.2 Å². The molecule has 3 rings (SSSR count). The lowest BCUT2D eigenvalue weighted by Crippen LogP contribution is -2.03. The lowest BCUT2D eigenvalue weighted by atomic mass is 10.1. The number of fused-ring (bicyclic) bond motifs is 1. The molecule has 7 heteroatoms. The summed E-state index contributed by atoms with van der Waals surface area (Å²) in [6.45, 7) is 0. The number of benzene rings is 2. The molecule has 2 aromatic carbocycles. The Kier molecular flexibility index (Phi) is 3.06. The minimum atomic E-state index is -4.37. The second-order valence-corrected chi connectivity index (χ2v) is 4.84. The highest BCUT2D eigenvalue weighted by Gasteiger charge is 2.30. The van der Waals surface area contributed by atoms with Gasteiger partial charge < -0.3 is 10.2 Å². The largest absolute Gasteiger partial charge is 0.436 e. The molecular formula is C14H8ClF3N2O. The van der Waals surface area contributed by atoms with E-state index in [1.807, 2.05) is 0 Å². The number of anilines is 1. The number of oxazole rings is 1. The number of nitrogens with zero attached hydrogens (tertiary/aromatic N) is 1. The van der Waals surface area contributed by atoms with Gasteiger partial charge in [-0.25, -0.2) is 4.98 Å². The number of aromatic nitrogens is 1. The summed E-state index contributed by atoms with van der Waals surface area (Å²) in [7, 11) is 0. The topological polar surface area (TPSA) is 52.0 Å². The first kappa shape index (κ1) is 13.8. The van der Waals surface area contributed by atoms with Crippen molar-refractivity contribution < 1.29 is 17.6 Å². The van der Waals surface area contributed by atoms with Gasteiger partial charge in [-0.3, -0.25) is 0 Å². The molecule has 0 amide bonds. The molecule has 0 unspecified atom stereocenters. The van der Waals surface area contributed by atoms with Gasteiger partial charge in [-0.2, -0.15) is 13.2 Å². The van der Waals surface area contributed by atoms with Crippen LogP contribution in [-0.2, 0) is 6.18 Å². The van der Waals surface area contributed by atoms with Crippen LogP contribution in [0.25, 0.3) is 22.6 Å². The van der Waals surface area contributed by atoms with Crippen molar-refractivity contribution in [3.8, 4) is 11.5 Å². The molecule has 3 nitrogen and oxygen atoms in total. The van der Waals surface area contributed by atoms with Gasteiger partial charge in [0.25, 0.3) is 0 Å². The fraction of sp³-hybridized carbons (Fsp3) is 0.0714. The van der Waals surface area contributed by atoms with Gasteiger partial charge >= 0.3 is 6.18 Å². The maximum absolute atomic E-state index is 12.5. The number of nitrogen functional groups attached to an aromatic ring is 1. The number of halogens is 4. The maximum Gasteiger partial charge on any atom is 0.416 e. The van der Waals surface area contributed by atoms with Crippen LogP contribution in [0.3, 0.4) is 0 Å². The Labute approximate surface area is 122 Å². The van der Waals surface area contributed by atoms with Gasteiger partial charge in [0.05, 0.1) is 16.3 Å². The van der Waals surface area contributed by atoms with Crippen molar-refractivity contribution in [1.82, 2.24) is 4.98 Å². The number of nitrogens with two attached hydrogens (primary N) is 1. The van der Waals surface area contributed by atoms with E-state index >= 15 is 0 Å². The second kappa shape index (κ2) is 4.66. The highest BCUT2D eigenvalue weighted by atomic mass is 35.5. The van der Waals surface area contributed by atoms with Crippen LogP contribution >= 0.6 is 11.6 Å². The maximum atomic E-state index is 12.5. The van der Waals surface area contributed by atoms with Crippen molar-refractivity contribution in [3.05, 3.63) is 47.0 Å². The number of rotatable bonds is 1. The SMILES string of the molecule is Nc1cc2oc(-c3ccc(C(F)(F)F)cc3)nc2cc1Cl. The first-order chi connectivity index (χ1) is 9.84. The van der Waals surface area contributed by atoms with Crippen LogP contribution in [0.2, 0.25) is 5.02 Å². The predicted molar refractivity (Wildman–Crippen MR) is 73.9 cm³/mol. The molecule has 21 heavy (non-hydrogen) atoms. The van der Waals surface area contributed by atoms with Crippen LogP contribution in [0.1, 0.15) is 5.56 Å². The highest BCUT2D eigenvalue weighted by Crippen LogP contribution is 2.33. The molecule has 1 heterocycles. The molecule has 0 saturated heterocycles. The average molecular weight is 313 g/mol. The molecule has 0 fully saturated rings. The van der Waals surface area contributed by atoms with Crippen LogP contribution in [0.4, 0.5) is 18.9 Å². The third-order valence-electron chi connectivity index (χ3n) is 2.97. The first-order valence-electron chi connectivity index (χ1n) is 5.88. The zero-order valence-electron chi connectivity index (χ0n) is 10.4. The molecule has 3 aromatic rings. The minimum absolute atomic E-state index is 0.209. The summed E-state index contributed by atoms with van der Waals surface area (Å²) in [5, 5.41) is 0.342. The molecular weight excluding hydrogens is 305 g/mol. The van der Waals surface area contributed by atoms with Crippen LogP contribution in [0, 0.1) is 0 Å². The summed E-state index contributed by atoms with van der Waals surface area (Å²) < 4.78 is 43.0. The van der Waals surface area contributed by atoms with Crippen LogP contribution in [0.15, 0.2) is 40.8 Å². The van der Waals surface area contributed by atoms with E-state index in [0.717, 1.165) is 12.1 Å². The summed E-state index contributed by atoms with van der Waals surface area (Å²) in [4.78, 5) is 4.19. The van der Waals surface area contributed by atoms with Gasteiger partial charge in [0, 0.05) is 11.6 Å². The van der Waals surface area contributed by atoms with E-state index < -0.39 is 11.7 Å². The minimum Gasteiger partial charge on any atom is -0.436 e. The summed E-state index contributed by atoms with van der Waals surface area (Å²) in [6.07, 6.45) is -4.37. The van der Waals surface area contributed by atoms with E-state index in [1.165, 1.54) is 18.2 Å². The van der Waals surface area contributed by atoms with Crippen LogP contribution < -0.4 is 5.73 Å². The molecule has 0 radical (unpaired) electrons. The fourth-order valence-corrected chi connectivity index (χ4v) is 2.05. The van der Waals surface area contributed by atoms with Crippen molar-refractivity contribution in [1.29, 1.82) is 0 Å². The second-order valence-electron chi connectivity index (χ2n) is 4.44. The Morgan fingerprint density at radius 1 is 1.10 bits per heavy atom. The van der Waals surface area contributed by atoms with E-state index in [2.05, 4.69) is 4.98 Å². The molecule has 108 valence electrons. The Morgan fingerprint density at radius 2 is 1.76 bits per heavy atom. The normalized spacial score (nSPS) is 12.0. The zero-order chi connectivity index (χ0) is 15.2. The molecule has 0 aliphatic carbocycles. The van der Waals surface area contributed by atoms with Gasteiger partial charge in [0.1, 0.15) is 5.52 Å². The summed E-state index contributed by atoms with van der Waals surface area (Å²) in [5.41, 5.74) is 6.63. The third kappa shape index (κ3) is 2.54. The molecule has 0 atom stereocenters. The molecule has 2 N–H and O–H groups in total. The third-order valence-corrected chi connectivity index (χ3v) is 3.29. The molecule has 0 bridgehead atoms. The molecule has 0 aliphatic rings. The summed E-state index contributed by atoms with van der Waals surface area (Å²) in [6, 6.07) is 7.63. The lowest BCUT2D eigenvalue weighted by molar-refractivity contribution is -0.137. The number of hydrogen-bond acceptors (Lipinski definition) is 3. The molecule has 1 aromatic heterocycles. The quantitative estimate of drug-likeness (QED) is 0.660. The number of hydrogen-bond donors (Lipinski definition) is 1. The highest BCUT2D eigenvalue weighted by molar-refractivity contribution is 6.33. The van der Waals surface area contributed by atoms with E-state index in [-0.39, 0.29) is 5.89 Å². The van der Waals surface area contributed by atoms with Gasteiger partial charge in [-0.15, -0.1) is 0 Å². The summed E-state index contributed by atoms with van der Waals surface area (Å²) >= 11 is 5.88. The Bertz CT molecular complexity index is 770. The van der Waals surface area contributed by atoms with Crippen molar-refractivity contribution in [2.45, 2.75) is 6.18 Å².